The normalized spacial score (nSPS) is 13.9. The van der Waals surface area contributed by atoms with Crippen LogP contribution >= 0.6 is 0 Å². The number of benzene rings is 1. The molecule has 2 atom stereocenters. The fraction of sp³-hybridized carbons (Fsp3) is 0.438. The van der Waals surface area contributed by atoms with Gasteiger partial charge in [0.05, 0.1) is 19.8 Å². The van der Waals surface area contributed by atoms with Crippen molar-refractivity contribution in [3.63, 3.8) is 0 Å². The number of ether oxygens (including phenoxy) is 2. The highest BCUT2D eigenvalue weighted by Gasteiger charge is 2.14. The smallest absolute Gasteiger partial charge is 0.124 e. The molecule has 0 radical (unpaired) electrons. The first-order valence-corrected chi connectivity index (χ1v) is 7.06. The van der Waals surface area contributed by atoms with Gasteiger partial charge in [-0.3, -0.25) is 0 Å². The predicted octanol–water partition coefficient (Wildman–Crippen LogP) is 2.98. The molecule has 0 spiro atoms. The lowest BCUT2D eigenvalue weighted by atomic mass is 10.0. The number of methoxy groups -OCH3 is 2. The quantitative estimate of drug-likeness (QED) is 0.822. The second-order valence-corrected chi connectivity index (χ2v) is 5.09. The van der Waals surface area contributed by atoms with E-state index in [1.165, 1.54) is 5.56 Å². The van der Waals surface area contributed by atoms with E-state index in [1.807, 2.05) is 12.3 Å². The molecule has 0 saturated heterocycles. The molecule has 1 aromatic carbocycles. The molecule has 0 amide bonds. The van der Waals surface area contributed by atoms with E-state index in [2.05, 4.69) is 41.3 Å². The molecule has 2 aromatic rings. The van der Waals surface area contributed by atoms with Gasteiger partial charge in [-0.2, -0.15) is 0 Å². The van der Waals surface area contributed by atoms with Gasteiger partial charge >= 0.3 is 0 Å². The number of nitrogens with one attached hydrogen (secondary N) is 2. The molecule has 2 unspecified atom stereocenters. The zero-order valence-electron chi connectivity index (χ0n) is 13.0. The molecule has 0 saturated carbocycles. The highest BCUT2D eigenvalue weighted by atomic mass is 16.5. The summed E-state index contributed by atoms with van der Waals surface area (Å²) in [7, 11) is 3.36. The van der Waals surface area contributed by atoms with Gasteiger partial charge in [0.25, 0.3) is 0 Å². The Morgan fingerprint density at radius 1 is 1.24 bits per heavy atom. The van der Waals surface area contributed by atoms with E-state index in [1.54, 1.807) is 20.4 Å². The van der Waals surface area contributed by atoms with E-state index in [-0.39, 0.29) is 12.1 Å². The molecular formula is C16H23N3O2. The molecule has 114 valence electrons. The Morgan fingerprint density at radius 2 is 2.05 bits per heavy atom. The average molecular weight is 289 g/mol. The highest BCUT2D eigenvalue weighted by Crippen LogP contribution is 2.25. The fourth-order valence-corrected chi connectivity index (χ4v) is 2.40. The minimum atomic E-state index is 0.156. The van der Waals surface area contributed by atoms with Crippen molar-refractivity contribution >= 4 is 0 Å². The summed E-state index contributed by atoms with van der Waals surface area (Å²) in [5.41, 5.74) is 2.25. The molecule has 0 aliphatic heterocycles. The maximum absolute atomic E-state index is 5.36. The number of imidazole rings is 1. The summed E-state index contributed by atoms with van der Waals surface area (Å²) in [5, 5.41) is 3.53. The van der Waals surface area contributed by atoms with Crippen LogP contribution in [0.4, 0.5) is 0 Å². The largest absolute Gasteiger partial charge is 0.496 e. The maximum Gasteiger partial charge on any atom is 0.124 e. The van der Waals surface area contributed by atoms with Gasteiger partial charge in [0.15, 0.2) is 0 Å². The van der Waals surface area contributed by atoms with E-state index >= 15 is 0 Å². The zero-order chi connectivity index (χ0) is 15.2. The lowest BCUT2D eigenvalue weighted by Crippen LogP contribution is -2.23. The number of aromatic nitrogens is 2. The molecule has 2 N–H and O–H groups in total. The Kier molecular flexibility index (Phi) is 5.36. The molecule has 0 aliphatic rings. The minimum absolute atomic E-state index is 0.156. The molecule has 2 rings (SSSR count). The lowest BCUT2D eigenvalue weighted by molar-refractivity contribution is 0.181. The van der Waals surface area contributed by atoms with Crippen LogP contribution in [0.25, 0.3) is 0 Å². The maximum atomic E-state index is 5.36. The van der Waals surface area contributed by atoms with E-state index in [0.717, 1.165) is 17.1 Å². The van der Waals surface area contributed by atoms with Crippen molar-refractivity contribution in [2.45, 2.75) is 32.5 Å². The Balaban J connectivity index is 2.11. The van der Waals surface area contributed by atoms with Gasteiger partial charge in [-0.1, -0.05) is 6.07 Å². The van der Waals surface area contributed by atoms with E-state index in [0.29, 0.717) is 6.61 Å². The van der Waals surface area contributed by atoms with Crippen LogP contribution in [0.5, 0.6) is 5.75 Å². The van der Waals surface area contributed by atoms with Gasteiger partial charge in [0.2, 0.25) is 0 Å². The van der Waals surface area contributed by atoms with Crippen molar-refractivity contribution in [1.29, 1.82) is 0 Å². The fourth-order valence-electron chi connectivity index (χ4n) is 2.40. The standard InChI is InChI=1S/C16H23N3O2/c1-11(19-12(2)16-17-7-8-18-16)13-5-6-15(21-4)14(9-13)10-20-3/h5-9,11-12,19H,10H2,1-4H3,(H,17,18). The van der Waals surface area contributed by atoms with Gasteiger partial charge in [0.1, 0.15) is 11.6 Å². The van der Waals surface area contributed by atoms with E-state index in [4.69, 9.17) is 9.47 Å². The van der Waals surface area contributed by atoms with Crippen molar-refractivity contribution in [1.82, 2.24) is 15.3 Å². The van der Waals surface area contributed by atoms with Crippen LogP contribution in [-0.2, 0) is 11.3 Å². The number of hydrogen-bond donors (Lipinski definition) is 2. The van der Waals surface area contributed by atoms with Gasteiger partial charge < -0.3 is 19.8 Å². The third-order valence-electron chi connectivity index (χ3n) is 3.53. The Hall–Kier alpha value is -1.85. The SMILES string of the molecule is COCc1cc(C(C)NC(C)c2ncc[nH]2)ccc1OC. The third kappa shape index (κ3) is 3.83. The molecule has 21 heavy (non-hydrogen) atoms. The molecule has 5 heteroatoms. The first-order chi connectivity index (χ1) is 10.2. The second kappa shape index (κ2) is 7.24. The molecule has 0 aliphatic carbocycles. The van der Waals surface area contributed by atoms with Crippen LogP contribution in [0.3, 0.4) is 0 Å². The number of H-pyrrole nitrogens is 1. The van der Waals surface area contributed by atoms with Crippen molar-refractivity contribution in [2.75, 3.05) is 14.2 Å². The molecule has 5 nitrogen and oxygen atoms in total. The number of aromatic amines is 1. The summed E-state index contributed by atoms with van der Waals surface area (Å²) >= 11 is 0. The van der Waals surface area contributed by atoms with Crippen molar-refractivity contribution in [3.8, 4) is 5.75 Å². The van der Waals surface area contributed by atoms with E-state index in [9.17, 15) is 0 Å². The zero-order valence-corrected chi connectivity index (χ0v) is 13.0. The predicted molar refractivity (Wildman–Crippen MR) is 82.3 cm³/mol. The topological polar surface area (TPSA) is 59.2 Å². The summed E-state index contributed by atoms with van der Waals surface area (Å²) in [4.78, 5) is 7.41. The van der Waals surface area contributed by atoms with Crippen LogP contribution in [0.15, 0.2) is 30.6 Å². The number of rotatable bonds is 7. The summed E-state index contributed by atoms with van der Waals surface area (Å²) < 4.78 is 10.6. The third-order valence-corrected chi connectivity index (χ3v) is 3.53. The van der Waals surface area contributed by atoms with Crippen LogP contribution < -0.4 is 10.1 Å². The van der Waals surface area contributed by atoms with Crippen molar-refractivity contribution in [2.24, 2.45) is 0 Å². The van der Waals surface area contributed by atoms with Crippen LogP contribution in [-0.4, -0.2) is 24.2 Å². The Labute approximate surface area is 125 Å². The average Bonchev–Trinajstić information content (AvgIpc) is 3.01. The second-order valence-electron chi connectivity index (χ2n) is 5.09. The molecule has 1 heterocycles. The lowest BCUT2D eigenvalue weighted by Gasteiger charge is -2.20. The van der Waals surface area contributed by atoms with Crippen LogP contribution in [0, 0.1) is 0 Å². The van der Waals surface area contributed by atoms with Crippen molar-refractivity contribution in [3.05, 3.63) is 47.5 Å². The first-order valence-electron chi connectivity index (χ1n) is 7.06. The van der Waals surface area contributed by atoms with Gasteiger partial charge in [-0.25, -0.2) is 4.98 Å². The first kappa shape index (κ1) is 15.5. The summed E-state index contributed by atoms with van der Waals surface area (Å²) in [5.74, 6) is 1.79. The highest BCUT2D eigenvalue weighted by molar-refractivity contribution is 5.38. The molecule has 1 aromatic heterocycles. The minimum Gasteiger partial charge on any atom is -0.496 e. The monoisotopic (exact) mass is 289 g/mol. The number of nitrogens with zero attached hydrogens (tertiary/aromatic N) is 1. The Morgan fingerprint density at radius 3 is 2.67 bits per heavy atom. The van der Waals surface area contributed by atoms with Crippen LogP contribution in [0.2, 0.25) is 0 Å². The van der Waals surface area contributed by atoms with Gasteiger partial charge in [-0.15, -0.1) is 0 Å². The van der Waals surface area contributed by atoms with E-state index < -0.39 is 0 Å². The summed E-state index contributed by atoms with van der Waals surface area (Å²) in [6.45, 7) is 4.77. The Bertz CT molecular complexity index is 555. The molecular weight excluding hydrogens is 266 g/mol. The molecule has 0 bridgehead atoms. The van der Waals surface area contributed by atoms with Crippen molar-refractivity contribution < 1.29 is 9.47 Å². The molecule has 0 fully saturated rings. The summed E-state index contributed by atoms with van der Waals surface area (Å²) in [6.07, 6.45) is 3.60. The van der Waals surface area contributed by atoms with Gasteiger partial charge in [0, 0.05) is 31.1 Å². The summed E-state index contributed by atoms with van der Waals surface area (Å²) in [6, 6.07) is 6.54. The number of hydrogen-bond acceptors (Lipinski definition) is 4. The van der Waals surface area contributed by atoms with Gasteiger partial charge in [-0.05, 0) is 31.5 Å². The van der Waals surface area contributed by atoms with Crippen LogP contribution in [0.1, 0.15) is 42.9 Å².